The summed E-state index contributed by atoms with van der Waals surface area (Å²) in [7, 11) is 1.32. The van der Waals surface area contributed by atoms with Crippen LogP contribution in [-0.4, -0.2) is 36.0 Å². The van der Waals surface area contributed by atoms with Gasteiger partial charge in [0.1, 0.15) is 0 Å². The topological polar surface area (TPSA) is 86.4 Å². The van der Waals surface area contributed by atoms with E-state index in [0.29, 0.717) is 0 Å². The maximum Gasteiger partial charge on any atom is 0.461 e. The minimum atomic E-state index is -4.02. The molecule has 0 saturated carbocycles. The monoisotopic (exact) mass is 326 g/mol. The number of aromatic nitrogens is 3. The summed E-state index contributed by atoms with van der Waals surface area (Å²) >= 11 is -3.22. The summed E-state index contributed by atoms with van der Waals surface area (Å²) in [5, 5.41) is 13.2. The third-order valence-electron chi connectivity index (χ3n) is 2.66. The third kappa shape index (κ3) is 3.49. The van der Waals surface area contributed by atoms with Crippen molar-refractivity contribution in [2.45, 2.75) is 39.1 Å². The van der Waals surface area contributed by atoms with Gasteiger partial charge in [-0.25, -0.2) is 4.39 Å². The van der Waals surface area contributed by atoms with E-state index in [1.165, 1.54) is 34.7 Å². The van der Waals surface area contributed by atoms with Crippen LogP contribution in [0.5, 0.6) is 0 Å². The van der Waals surface area contributed by atoms with Crippen molar-refractivity contribution in [1.82, 2.24) is 15.0 Å². The Balaban J connectivity index is 3.21. The standard InChI is InChI=1S/C11H17F3N4O2S/c1-6-8(16-18(5)15-6)11(13,14)21(20)9(17-19)7(12)10(2,3)4/h7,19H,1-5H3/b17-9+. The molecule has 120 valence electrons. The Labute approximate surface area is 123 Å². The molecule has 0 bridgehead atoms. The van der Waals surface area contributed by atoms with Crippen molar-refractivity contribution >= 4 is 16.2 Å². The molecule has 1 rings (SSSR count). The van der Waals surface area contributed by atoms with E-state index in [1.807, 2.05) is 0 Å². The van der Waals surface area contributed by atoms with Gasteiger partial charge in [-0.2, -0.15) is 9.90 Å². The van der Waals surface area contributed by atoms with Gasteiger partial charge in [0.05, 0.1) is 16.9 Å². The molecular formula is C11H17F3N4O2S. The summed E-state index contributed by atoms with van der Waals surface area (Å²) in [5.74, 6) is 0. The highest BCUT2D eigenvalue weighted by Gasteiger charge is 2.56. The van der Waals surface area contributed by atoms with Crippen molar-refractivity contribution in [3.05, 3.63) is 11.4 Å². The summed E-state index contributed by atoms with van der Waals surface area (Å²) in [6.07, 6.45) is -2.11. The number of rotatable bonds is 3. The van der Waals surface area contributed by atoms with E-state index in [2.05, 4.69) is 15.4 Å². The molecule has 1 aromatic heterocycles. The van der Waals surface area contributed by atoms with Crippen molar-refractivity contribution in [3.8, 4) is 0 Å². The molecule has 0 radical (unpaired) electrons. The summed E-state index contributed by atoms with van der Waals surface area (Å²) in [4.78, 5) is 0.891. The van der Waals surface area contributed by atoms with Gasteiger partial charge in [-0.15, -0.1) is 13.9 Å². The summed E-state index contributed by atoms with van der Waals surface area (Å²) in [6.45, 7) is 5.49. The molecule has 0 aliphatic heterocycles. The van der Waals surface area contributed by atoms with Gasteiger partial charge < -0.3 is 9.76 Å². The first-order valence-corrected chi connectivity index (χ1v) is 7.12. The highest BCUT2D eigenvalue weighted by Crippen LogP contribution is 2.38. The lowest BCUT2D eigenvalue weighted by molar-refractivity contribution is 0.0858. The number of aryl methyl sites for hydroxylation is 2. The Morgan fingerprint density at radius 2 is 1.90 bits per heavy atom. The lowest BCUT2D eigenvalue weighted by Gasteiger charge is -2.26. The van der Waals surface area contributed by atoms with Crippen LogP contribution < -0.4 is 0 Å². The molecule has 1 aromatic rings. The zero-order chi connectivity index (χ0) is 16.6. The first kappa shape index (κ1) is 17.8. The predicted molar refractivity (Wildman–Crippen MR) is 71.3 cm³/mol. The lowest BCUT2D eigenvalue weighted by Crippen LogP contribution is -2.42. The van der Waals surface area contributed by atoms with E-state index < -0.39 is 38.8 Å². The Kier molecular flexibility index (Phi) is 4.94. The van der Waals surface area contributed by atoms with Crippen LogP contribution in [0.25, 0.3) is 0 Å². The minimum absolute atomic E-state index is 0.140. The summed E-state index contributed by atoms with van der Waals surface area (Å²) < 4.78 is 54.6. The maximum atomic E-state index is 14.2. The van der Waals surface area contributed by atoms with Crippen molar-refractivity contribution in [2.75, 3.05) is 0 Å². The number of hydrogen-bond acceptors (Lipinski definition) is 5. The highest BCUT2D eigenvalue weighted by molar-refractivity contribution is 8.07. The molecule has 0 amide bonds. The third-order valence-corrected chi connectivity index (χ3v) is 3.98. The van der Waals surface area contributed by atoms with E-state index in [-0.39, 0.29) is 5.69 Å². The van der Waals surface area contributed by atoms with Gasteiger partial charge in [-0.05, 0) is 12.1 Å². The Morgan fingerprint density at radius 1 is 1.38 bits per heavy atom. The molecule has 2 atom stereocenters. The van der Waals surface area contributed by atoms with Crippen molar-refractivity contribution in [2.24, 2.45) is 17.6 Å². The highest BCUT2D eigenvalue weighted by atomic mass is 32.2. The fourth-order valence-corrected chi connectivity index (χ4v) is 2.79. The molecule has 21 heavy (non-hydrogen) atoms. The molecule has 0 aliphatic rings. The van der Waals surface area contributed by atoms with Crippen LogP contribution in [0.1, 0.15) is 32.2 Å². The summed E-state index contributed by atoms with van der Waals surface area (Å²) in [5.41, 5.74) is -2.13. The molecule has 0 fully saturated rings. The van der Waals surface area contributed by atoms with Gasteiger partial charge in [-0.3, -0.25) is 0 Å². The zero-order valence-corrected chi connectivity index (χ0v) is 13.1. The van der Waals surface area contributed by atoms with Crippen LogP contribution in [-0.2, 0) is 23.5 Å². The quantitative estimate of drug-likeness (QED) is 0.303. The molecule has 0 saturated heterocycles. The van der Waals surface area contributed by atoms with E-state index >= 15 is 0 Å². The van der Waals surface area contributed by atoms with Gasteiger partial charge >= 0.3 is 5.25 Å². The van der Waals surface area contributed by atoms with Gasteiger partial charge in [0.25, 0.3) is 5.04 Å². The second-order valence-corrected chi connectivity index (χ2v) is 7.04. The van der Waals surface area contributed by atoms with E-state index in [1.54, 1.807) is 0 Å². The van der Waals surface area contributed by atoms with Crippen LogP contribution in [0, 0.1) is 12.3 Å². The van der Waals surface area contributed by atoms with Crippen LogP contribution >= 0.6 is 0 Å². The van der Waals surface area contributed by atoms with E-state index in [4.69, 9.17) is 5.21 Å². The van der Waals surface area contributed by atoms with Gasteiger partial charge in [-0.1, -0.05) is 20.8 Å². The molecule has 0 spiro atoms. The molecule has 0 aromatic carbocycles. The van der Waals surface area contributed by atoms with E-state index in [0.717, 1.165) is 4.80 Å². The van der Waals surface area contributed by atoms with Crippen molar-refractivity contribution in [3.63, 3.8) is 0 Å². The van der Waals surface area contributed by atoms with Crippen molar-refractivity contribution in [1.29, 1.82) is 0 Å². The number of hydrogen-bond donors (Lipinski definition) is 1. The normalized spacial score (nSPS) is 16.9. The minimum Gasteiger partial charge on any atom is -0.605 e. The Bertz CT molecular complexity index is 542. The van der Waals surface area contributed by atoms with Gasteiger partial charge in [0, 0.05) is 12.5 Å². The first-order valence-electron chi connectivity index (χ1n) is 5.97. The molecule has 1 N–H and O–H groups in total. The van der Waals surface area contributed by atoms with Crippen LogP contribution in [0.4, 0.5) is 13.2 Å². The molecule has 10 heteroatoms. The van der Waals surface area contributed by atoms with Crippen LogP contribution in [0.2, 0.25) is 0 Å². The molecule has 6 nitrogen and oxygen atoms in total. The SMILES string of the molecule is Cc1nn(C)nc1C(F)(F)[S+]([O-])/C(=N/O)C(F)C(C)(C)C. The number of halogens is 3. The molecular weight excluding hydrogens is 309 g/mol. The smallest absolute Gasteiger partial charge is 0.461 e. The van der Waals surface area contributed by atoms with Crippen LogP contribution in [0.3, 0.4) is 0 Å². The average Bonchev–Trinajstić information content (AvgIpc) is 2.68. The number of alkyl halides is 3. The zero-order valence-electron chi connectivity index (χ0n) is 12.3. The number of oxime groups is 1. The van der Waals surface area contributed by atoms with Crippen molar-refractivity contribution < 1.29 is 22.9 Å². The second-order valence-electron chi connectivity index (χ2n) is 5.58. The summed E-state index contributed by atoms with van der Waals surface area (Å²) in [6, 6.07) is 0. The van der Waals surface area contributed by atoms with E-state index in [9.17, 15) is 17.7 Å². The Hall–Kier alpha value is -1.29. The largest absolute Gasteiger partial charge is 0.605 e. The fourth-order valence-electron chi connectivity index (χ4n) is 1.54. The molecule has 2 unspecified atom stereocenters. The van der Waals surface area contributed by atoms with Crippen LogP contribution in [0.15, 0.2) is 5.16 Å². The fraction of sp³-hybridized carbons (Fsp3) is 0.727. The second kappa shape index (κ2) is 5.84. The predicted octanol–water partition coefficient (Wildman–Crippen LogP) is 2.09. The maximum absolute atomic E-state index is 14.2. The molecule has 1 heterocycles. The Morgan fingerprint density at radius 3 is 2.24 bits per heavy atom. The first-order chi connectivity index (χ1) is 9.42. The number of nitrogens with zero attached hydrogens (tertiary/aromatic N) is 4. The van der Waals surface area contributed by atoms with Gasteiger partial charge in [0.15, 0.2) is 6.17 Å². The van der Waals surface area contributed by atoms with Gasteiger partial charge in [0.2, 0.25) is 5.69 Å². The molecule has 0 aliphatic carbocycles. The average molecular weight is 326 g/mol. The lowest BCUT2D eigenvalue weighted by atomic mass is 9.91.